The number of hydrogen-bond donors (Lipinski definition) is 2. The standard InChI is InChI=1S/C19H20N2O5S/c1-4-11-20-27(24,25)16-9-7-14(8-10-16)18(22)21-17-12-15(19(23)26-3)6-5-13(17)2/h4-10,12,20H,1,11H2,2-3H3,(H,21,22). The number of ether oxygens (including phenoxy) is 1. The van der Waals surface area contributed by atoms with Crippen molar-refractivity contribution in [3.05, 3.63) is 71.8 Å². The molecule has 0 radical (unpaired) electrons. The van der Waals surface area contributed by atoms with Crippen LogP contribution < -0.4 is 10.0 Å². The first-order valence-corrected chi connectivity index (χ1v) is 9.47. The van der Waals surface area contributed by atoms with E-state index in [2.05, 4.69) is 21.4 Å². The highest BCUT2D eigenvalue weighted by Gasteiger charge is 2.15. The fourth-order valence-corrected chi connectivity index (χ4v) is 3.23. The third kappa shape index (κ3) is 5.02. The van der Waals surface area contributed by atoms with E-state index < -0.39 is 21.9 Å². The van der Waals surface area contributed by atoms with Crippen LogP contribution in [0.3, 0.4) is 0 Å². The lowest BCUT2D eigenvalue weighted by molar-refractivity contribution is 0.0600. The lowest BCUT2D eigenvalue weighted by Gasteiger charge is -2.11. The van der Waals surface area contributed by atoms with Gasteiger partial charge in [-0.1, -0.05) is 12.1 Å². The van der Waals surface area contributed by atoms with E-state index in [0.29, 0.717) is 11.3 Å². The number of sulfonamides is 1. The van der Waals surface area contributed by atoms with Gasteiger partial charge in [-0.2, -0.15) is 0 Å². The number of rotatable bonds is 7. The van der Waals surface area contributed by atoms with Crippen molar-refractivity contribution in [1.82, 2.24) is 4.72 Å². The van der Waals surface area contributed by atoms with Crippen molar-refractivity contribution < 1.29 is 22.7 Å². The summed E-state index contributed by atoms with van der Waals surface area (Å²) in [5, 5.41) is 2.71. The maximum atomic E-state index is 12.4. The molecule has 0 unspecified atom stereocenters. The van der Waals surface area contributed by atoms with E-state index in [1.165, 1.54) is 43.5 Å². The molecule has 2 aromatic carbocycles. The SMILES string of the molecule is C=CCNS(=O)(=O)c1ccc(C(=O)Nc2cc(C(=O)OC)ccc2C)cc1. The zero-order chi connectivity index (χ0) is 20.0. The predicted molar refractivity (Wildman–Crippen MR) is 102 cm³/mol. The summed E-state index contributed by atoms with van der Waals surface area (Å²) in [6.07, 6.45) is 1.43. The molecule has 0 heterocycles. The van der Waals surface area contributed by atoms with Crippen LogP contribution >= 0.6 is 0 Å². The van der Waals surface area contributed by atoms with Crippen molar-refractivity contribution >= 4 is 27.6 Å². The van der Waals surface area contributed by atoms with E-state index in [1.54, 1.807) is 19.1 Å². The molecule has 2 rings (SSSR count). The smallest absolute Gasteiger partial charge is 0.337 e. The summed E-state index contributed by atoms with van der Waals surface area (Å²) >= 11 is 0. The molecule has 2 N–H and O–H groups in total. The number of esters is 1. The van der Waals surface area contributed by atoms with Gasteiger partial charge in [-0.05, 0) is 48.9 Å². The van der Waals surface area contributed by atoms with Gasteiger partial charge in [-0.15, -0.1) is 6.58 Å². The van der Waals surface area contributed by atoms with Crippen LogP contribution in [-0.4, -0.2) is 33.9 Å². The molecule has 0 saturated carbocycles. The summed E-state index contributed by atoms with van der Waals surface area (Å²) in [7, 11) is -2.38. The zero-order valence-corrected chi connectivity index (χ0v) is 15.8. The summed E-state index contributed by atoms with van der Waals surface area (Å²) < 4.78 is 31.1. The molecule has 7 nitrogen and oxygen atoms in total. The topological polar surface area (TPSA) is 102 Å². The molecular formula is C19H20N2O5S. The Morgan fingerprint density at radius 1 is 1.11 bits per heavy atom. The number of carbonyl (C=O) groups is 2. The zero-order valence-electron chi connectivity index (χ0n) is 15.0. The van der Waals surface area contributed by atoms with Gasteiger partial charge in [0, 0.05) is 17.8 Å². The second-order valence-corrected chi connectivity index (χ2v) is 7.41. The van der Waals surface area contributed by atoms with Gasteiger partial charge < -0.3 is 10.1 Å². The third-order valence-electron chi connectivity index (χ3n) is 3.75. The minimum Gasteiger partial charge on any atom is -0.465 e. The average Bonchev–Trinajstić information content (AvgIpc) is 2.67. The minimum atomic E-state index is -3.65. The number of hydrogen-bond acceptors (Lipinski definition) is 5. The van der Waals surface area contributed by atoms with E-state index in [1.807, 2.05) is 0 Å². The number of amides is 1. The number of aryl methyl sites for hydroxylation is 1. The molecule has 0 fully saturated rings. The van der Waals surface area contributed by atoms with Gasteiger partial charge >= 0.3 is 5.97 Å². The molecule has 0 aliphatic heterocycles. The summed E-state index contributed by atoms with van der Waals surface area (Å²) in [6.45, 7) is 5.36. The molecule has 142 valence electrons. The van der Waals surface area contributed by atoms with Crippen LogP contribution in [0.5, 0.6) is 0 Å². The first kappa shape index (κ1) is 20.3. The fraction of sp³-hybridized carbons (Fsp3) is 0.158. The summed E-state index contributed by atoms with van der Waals surface area (Å²) in [4.78, 5) is 24.1. The van der Waals surface area contributed by atoms with Crippen molar-refractivity contribution in [3.63, 3.8) is 0 Å². The molecule has 2 aromatic rings. The average molecular weight is 388 g/mol. The molecule has 0 spiro atoms. The van der Waals surface area contributed by atoms with E-state index in [-0.39, 0.29) is 17.0 Å². The molecule has 0 atom stereocenters. The largest absolute Gasteiger partial charge is 0.465 e. The van der Waals surface area contributed by atoms with Crippen LogP contribution in [0, 0.1) is 6.92 Å². The van der Waals surface area contributed by atoms with Gasteiger partial charge in [-0.3, -0.25) is 4.79 Å². The Morgan fingerprint density at radius 3 is 2.33 bits per heavy atom. The van der Waals surface area contributed by atoms with Crippen LogP contribution in [0.15, 0.2) is 60.0 Å². The number of methoxy groups -OCH3 is 1. The maximum Gasteiger partial charge on any atom is 0.337 e. The van der Waals surface area contributed by atoms with Crippen molar-refractivity contribution in [2.75, 3.05) is 19.0 Å². The number of anilines is 1. The minimum absolute atomic E-state index is 0.0461. The number of nitrogens with one attached hydrogen (secondary N) is 2. The van der Waals surface area contributed by atoms with Gasteiger partial charge in [0.05, 0.1) is 17.6 Å². The molecule has 27 heavy (non-hydrogen) atoms. The van der Waals surface area contributed by atoms with Crippen molar-refractivity contribution in [2.24, 2.45) is 0 Å². The lowest BCUT2D eigenvalue weighted by Crippen LogP contribution is -2.23. The molecule has 0 saturated heterocycles. The Hall–Kier alpha value is -2.97. The van der Waals surface area contributed by atoms with E-state index in [9.17, 15) is 18.0 Å². The third-order valence-corrected chi connectivity index (χ3v) is 5.19. The van der Waals surface area contributed by atoms with Crippen molar-refractivity contribution in [3.8, 4) is 0 Å². The van der Waals surface area contributed by atoms with Gasteiger partial charge in [0.15, 0.2) is 0 Å². The Kier molecular flexibility index (Phi) is 6.49. The highest BCUT2D eigenvalue weighted by atomic mass is 32.2. The van der Waals surface area contributed by atoms with Gasteiger partial charge in [0.25, 0.3) is 5.91 Å². The predicted octanol–water partition coefficient (Wildman–Crippen LogP) is 2.50. The van der Waals surface area contributed by atoms with E-state index in [0.717, 1.165) is 5.56 Å². The highest BCUT2D eigenvalue weighted by Crippen LogP contribution is 2.19. The Labute approximate surface area is 158 Å². The first-order valence-electron chi connectivity index (χ1n) is 7.99. The molecule has 8 heteroatoms. The van der Waals surface area contributed by atoms with Gasteiger partial charge in [0.2, 0.25) is 10.0 Å². The maximum absolute atomic E-state index is 12.4. The highest BCUT2D eigenvalue weighted by molar-refractivity contribution is 7.89. The van der Waals surface area contributed by atoms with Crippen molar-refractivity contribution in [2.45, 2.75) is 11.8 Å². The molecule has 0 bridgehead atoms. The van der Waals surface area contributed by atoms with Crippen LogP contribution in [0.1, 0.15) is 26.3 Å². The lowest BCUT2D eigenvalue weighted by atomic mass is 10.1. The van der Waals surface area contributed by atoms with Gasteiger partial charge in [0.1, 0.15) is 0 Å². The molecule has 1 amide bonds. The fourth-order valence-electron chi connectivity index (χ4n) is 2.23. The molecule has 0 aliphatic carbocycles. The Balaban J connectivity index is 2.19. The Bertz CT molecular complexity index is 966. The quantitative estimate of drug-likeness (QED) is 0.561. The Morgan fingerprint density at radius 2 is 1.74 bits per heavy atom. The molecular weight excluding hydrogens is 368 g/mol. The second-order valence-electron chi connectivity index (χ2n) is 5.64. The van der Waals surface area contributed by atoms with Crippen molar-refractivity contribution in [1.29, 1.82) is 0 Å². The summed E-state index contributed by atoms with van der Waals surface area (Å²) in [6, 6.07) is 10.3. The van der Waals surface area contributed by atoms with E-state index >= 15 is 0 Å². The molecule has 0 aromatic heterocycles. The van der Waals surface area contributed by atoms with Gasteiger partial charge in [-0.25, -0.2) is 17.9 Å². The van der Waals surface area contributed by atoms with Crippen LogP contribution in [0.4, 0.5) is 5.69 Å². The normalized spacial score (nSPS) is 10.9. The van der Waals surface area contributed by atoms with Crippen LogP contribution in [-0.2, 0) is 14.8 Å². The molecule has 0 aliphatic rings. The number of benzene rings is 2. The van der Waals surface area contributed by atoms with Crippen LogP contribution in [0.25, 0.3) is 0 Å². The summed E-state index contributed by atoms with van der Waals surface area (Å²) in [5.74, 6) is -0.935. The van der Waals surface area contributed by atoms with Crippen LogP contribution in [0.2, 0.25) is 0 Å². The summed E-state index contributed by atoms with van der Waals surface area (Å²) in [5.41, 5.74) is 1.82. The second kappa shape index (κ2) is 8.61. The monoisotopic (exact) mass is 388 g/mol. The first-order chi connectivity index (χ1) is 12.8. The number of carbonyl (C=O) groups excluding carboxylic acids is 2. The van der Waals surface area contributed by atoms with E-state index in [4.69, 9.17) is 0 Å².